The Morgan fingerprint density at radius 2 is 2.17 bits per heavy atom. The van der Waals surface area contributed by atoms with E-state index in [-0.39, 0.29) is 5.41 Å². The summed E-state index contributed by atoms with van der Waals surface area (Å²) in [7, 11) is 0. The summed E-state index contributed by atoms with van der Waals surface area (Å²) in [6, 6.07) is 3.81. The molecule has 1 heterocycles. The van der Waals surface area contributed by atoms with Crippen LogP contribution in [0.15, 0.2) is 18.3 Å². The lowest BCUT2D eigenvalue weighted by atomic mass is 9.85. The summed E-state index contributed by atoms with van der Waals surface area (Å²) in [5.41, 5.74) is 1.47. The molecule has 1 aromatic heterocycles. The molecule has 1 rings (SSSR count). The van der Waals surface area contributed by atoms with E-state index in [0.717, 1.165) is 5.56 Å². The van der Waals surface area contributed by atoms with Crippen LogP contribution in [0.2, 0.25) is 0 Å². The van der Waals surface area contributed by atoms with E-state index in [9.17, 15) is 0 Å². The van der Waals surface area contributed by atoms with Gasteiger partial charge in [-0.1, -0.05) is 33.8 Å². The maximum atomic E-state index is 7.70. The van der Waals surface area contributed by atoms with Crippen molar-refractivity contribution in [1.29, 1.82) is 0 Å². The SMILES string of the molecule is [2H]C([2H])(C)c1ncccc1C(C)(C)C. The summed E-state index contributed by atoms with van der Waals surface area (Å²) >= 11 is 0. The van der Waals surface area contributed by atoms with Gasteiger partial charge < -0.3 is 0 Å². The molecule has 1 nitrogen and oxygen atoms in total. The van der Waals surface area contributed by atoms with Gasteiger partial charge in [0.15, 0.2) is 0 Å². The van der Waals surface area contributed by atoms with Gasteiger partial charge in [-0.3, -0.25) is 4.98 Å². The molecular weight excluding hydrogens is 146 g/mol. The van der Waals surface area contributed by atoms with Gasteiger partial charge >= 0.3 is 0 Å². The number of aryl methyl sites for hydroxylation is 1. The van der Waals surface area contributed by atoms with Crippen molar-refractivity contribution in [1.82, 2.24) is 4.98 Å². The van der Waals surface area contributed by atoms with E-state index in [4.69, 9.17) is 2.74 Å². The molecule has 0 bridgehead atoms. The highest BCUT2D eigenvalue weighted by Gasteiger charge is 2.16. The van der Waals surface area contributed by atoms with Crippen LogP contribution in [0.25, 0.3) is 0 Å². The van der Waals surface area contributed by atoms with E-state index < -0.39 is 6.37 Å². The summed E-state index contributed by atoms with van der Waals surface area (Å²) in [4.78, 5) is 4.14. The van der Waals surface area contributed by atoms with Crippen LogP contribution in [-0.2, 0) is 11.8 Å². The van der Waals surface area contributed by atoms with Crippen LogP contribution in [0, 0.1) is 0 Å². The molecule has 66 valence electrons. The molecule has 0 N–H and O–H groups in total. The van der Waals surface area contributed by atoms with Gasteiger partial charge in [-0.15, -0.1) is 0 Å². The van der Waals surface area contributed by atoms with Crippen molar-refractivity contribution >= 4 is 0 Å². The van der Waals surface area contributed by atoms with Gasteiger partial charge in [0.25, 0.3) is 0 Å². The first kappa shape index (κ1) is 6.64. The molecule has 0 saturated carbocycles. The van der Waals surface area contributed by atoms with E-state index in [2.05, 4.69) is 25.8 Å². The van der Waals surface area contributed by atoms with Crippen LogP contribution in [0.1, 0.15) is 41.7 Å². The molecule has 0 spiro atoms. The number of nitrogens with zero attached hydrogens (tertiary/aromatic N) is 1. The smallest absolute Gasteiger partial charge is 0.0438 e. The molecule has 1 heteroatoms. The van der Waals surface area contributed by atoms with Crippen molar-refractivity contribution in [2.45, 2.75) is 39.5 Å². The van der Waals surface area contributed by atoms with Crippen LogP contribution in [-0.4, -0.2) is 4.98 Å². The lowest BCUT2D eigenvalue weighted by Gasteiger charge is -2.21. The fourth-order valence-corrected chi connectivity index (χ4v) is 1.21. The molecule has 0 aliphatic rings. The Balaban J connectivity index is 3.31. The molecule has 12 heavy (non-hydrogen) atoms. The van der Waals surface area contributed by atoms with Crippen LogP contribution in [0.5, 0.6) is 0 Å². The van der Waals surface area contributed by atoms with Crippen LogP contribution >= 0.6 is 0 Å². The zero-order valence-corrected chi connectivity index (χ0v) is 8.18. The van der Waals surface area contributed by atoms with Crippen LogP contribution < -0.4 is 0 Å². The van der Waals surface area contributed by atoms with Crippen molar-refractivity contribution in [3.63, 3.8) is 0 Å². The summed E-state index contributed by atoms with van der Waals surface area (Å²) in [5.74, 6) is 0. The minimum absolute atomic E-state index is 0.0625. The van der Waals surface area contributed by atoms with Gasteiger partial charge in [-0.25, -0.2) is 0 Å². The zero-order valence-electron chi connectivity index (χ0n) is 10.2. The van der Waals surface area contributed by atoms with E-state index >= 15 is 0 Å². The molecule has 0 aromatic carbocycles. The lowest BCUT2D eigenvalue weighted by Crippen LogP contribution is -2.14. The molecule has 1 aromatic rings. The predicted molar refractivity (Wildman–Crippen MR) is 52.3 cm³/mol. The summed E-state index contributed by atoms with van der Waals surface area (Å²) in [6.45, 7) is 7.75. The normalized spacial score (nSPS) is 15.3. The average Bonchev–Trinajstić information content (AvgIpc) is 2.01. The number of hydrogen-bond acceptors (Lipinski definition) is 1. The average molecular weight is 165 g/mol. The number of hydrogen-bond donors (Lipinski definition) is 0. The van der Waals surface area contributed by atoms with Gasteiger partial charge in [0.2, 0.25) is 0 Å². The fourth-order valence-electron chi connectivity index (χ4n) is 1.21. The Labute approximate surface area is 77.7 Å². The van der Waals surface area contributed by atoms with Gasteiger partial charge in [-0.05, 0) is 23.4 Å². The number of pyridine rings is 1. The van der Waals surface area contributed by atoms with Crippen molar-refractivity contribution in [2.75, 3.05) is 0 Å². The van der Waals surface area contributed by atoms with E-state index in [1.807, 2.05) is 12.1 Å². The molecule has 0 aliphatic carbocycles. The van der Waals surface area contributed by atoms with E-state index in [0.29, 0.717) is 5.69 Å². The van der Waals surface area contributed by atoms with Crippen molar-refractivity contribution < 1.29 is 2.74 Å². The summed E-state index contributed by atoms with van der Waals surface area (Å²) in [6.07, 6.45) is 0.274. The third-order valence-electron chi connectivity index (χ3n) is 1.85. The number of aromatic nitrogens is 1. The number of rotatable bonds is 1. The third-order valence-corrected chi connectivity index (χ3v) is 1.85. The quantitative estimate of drug-likeness (QED) is 0.623. The van der Waals surface area contributed by atoms with Gasteiger partial charge in [-0.2, -0.15) is 0 Å². The standard InChI is InChI=1S/C11H17N/c1-5-10-9(11(2,3)4)7-6-8-12-10/h6-8H,5H2,1-4H3/i5D2. The summed E-state index contributed by atoms with van der Waals surface area (Å²) < 4.78 is 15.4. The Morgan fingerprint density at radius 1 is 1.50 bits per heavy atom. The van der Waals surface area contributed by atoms with Gasteiger partial charge in [0.05, 0.1) is 0 Å². The Morgan fingerprint density at radius 3 is 2.58 bits per heavy atom. The molecule has 0 aliphatic heterocycles. The van der Waals surface area contributed by atoms with E-state index in [1.54, 1.807) is 13.1 Å². The second kappa shape index (κ2) is 3.26. The highest BCUT2D eigenvalue weighted by Crippen LogP contribution is 2.24. The Hall–Kier alpha value is -0.850. The van der Waals surface area contributed by atoms with E-state index in [1.165, 1.54) is 0 Å². The Bertz CT molecular complexity index is 288. The fraction of sp³-hybridized carbons (Fsp3) is 0.545. The van der Waals surface area contributed by atoms with Crippen molar-refractivity contribution in [2.24, 2.45) is 0 Å². The maximum absolute atomic E-state index is 7.70. The highest BCUT2D eigenvalue weighted by molar-refractivity contribution is 5.26. The van der Waals surface area contributed by atoms with Crippen LogP contribution in [0.4, 0.5) is 0 Å². The minimum atomic E-state index is -1.37. The maximum Gasteiger partial charge on any atom is 0.0438 e. The zero-order chi connectivity index (χ0) is 11.0. The first-order valence-electron chi connectivity index (χ1n) is 5.19. The van der Waals surface area contributed by atoms with Crippen LogP contribution in [0.3, 0.4) is 0 Å². The van der Waals surface area contributed by atoms with Gasteiger partial charge in [0, 0.05) is 14.6 Å². The third kappa shape index (κ3) is 1.84. The highest BCUT2D eigenvalue weighted by atomic mass is 14.7. The molecular formula is C11H17N. The molecule has 0 radical (unpaired) electrons. The Kier molecular flexibility index (Phi) is 1.80. The molecule has 0 unspecified atom stereocenters. The summed E-state index contributed by atoms with van der Waals surface area (Å²) in [5, 5.41) is 0. The second-order valence-electron chi connectivity index (χ2n) is 3.90. The second-order valence-corrected chi connectivity index (χ2v) is 3.90. The molecule has 0 atom stereocenters. The van der Waals surface area contributed by atoms with Crippen molar-refractivity contribution in [3.05, 3.63) is 29.6 Å². The monoisotopic (exact) mass is 165 g/mol. The van der Waals surface area contributed by atoms with Gasteiger partial charge in [0.1, 0.15) is 0 Å². The topological polar surface area (TPSA) is 12.9 Å². The first-order chi connectivity index (χ1) is 6.23. The lowest BCUT2D eigenvalue weighted by molar-refractivity contribution is 0.578. The molecule has 0 saturated heterocycles. The molecule has 0 amide bonds. The largest absolute Gasteiger partial charge is 0.261 e. The predicted octanol–water partition coefficient (Wildman–Crippen LogP) is 2.94. The molecule has 0 fully saturated rings. The first-order valence-corrected chi connectivity index (χ1v) is 4.19. The van der Waals surface area contributed by atoms with Crippen molar-refractivity contribution in [3.8, 4) is 0 Å². The minimum Gasteiger partial charge on any atom is -0.261 e.